The number of aromatic nitrogens is 2. The molecule has 1 aromatic carbocycles. The van der Waals surface area contributed by atoms with E-state index in [1.54, 1.807) is 35.8 Å². The van der Waals surface area contributed by atoms with E-state index in [9.17, 15) is 40.8 Å². The molecule has 12 nitrogen and oxygen atoms in total. The van der Waals surface area contributed by atoms with Crippen molar-refractivity contribution < 1.29 is 40.8 Å². The topological polar surface area (TPSA) is 150 Å². The fourth-order valence-corrected chi connectivity index (χ4v) is 8.38. The number of imide groups is 1. The van der Waals surface area contributed by atoms with Gasteiger partial charge in [0.15, 0.2) is 0 Å². The van der Waals surface area contributed by atoms with Crippen LogP contribution in [0.2, 0.25) is 0 Å². The number of carbonyl (C=O) groups is 4. The van der Waals surface area contributed by atoms with Crippen LogP contribution in [0.5, 0.6) is 0 Å². The highest BCUT2D eigenvalue weighted by atomic mass is 32.2. The maximum Gasteiger partial charge on any atom is 0.501 e. The van der Waals surface area contributed by atoms with Gasteiger partial charge in [-0.05, 0) is 86.1 Å². The highest BCUT2D eigenvalue weighted by Crippen LogP contribution is 2.46. The summed E-state index contributed by atoms with van der Waals surface area (Å²) >= 11 is 0. The minimum Gasteiger partial charge on any atom is -0.339 e. The van der Waals surface area contributed by atoms with E-state index in [1.165, 1.54) is 24.8 Å². The number of pyridine rings is 2. The van der Waals surface area contributed by atoms with Gasteiger partial charge >= 0.3 is 11.5 Å². The second-order valence-electron chi connectivity index (χ2n) is 13.5. The summed E-state index contributed by atoms with van der Waals surface area (Å²) in [5.41, 5.74) is -6.30. The number of likely N-dealkylation sites (tertiary alicyclic amines) is 2. The Balaban J connectivity index is 1.47. The van der Waals surface area contributed by atoms with Gasteiger partial charge in [0.05, 0.1) is 21.7 Å². The van der Waals surface area contributed by atoms with Crippen molar-refractivity contribution in [1.29, 1.82) is 0 Å². The van der Waals surface area contributed by atoms with E-state index in [0.29, 0.717) is 49.4 Å². The van der Waals surface area contributed by atoms with Gasteiger partial charge in [-0.3, -0.25) is 24.4 Å². The van der Waals surface area contributed by atoms with Crippen molar-refractivity contribution in [3.63, 3.8) is 0 Å². The normalized spacial score (nSPS) is 21.1. The van der Waals surface area contributed by atoms with E-state index in [-0.39, 0.29) is 28.6 Å². The van der Waals surface area contributed by atoms with Gasteiger partial charge in [-0.15, -0.1) is 0 Å². The molecule has 0 bridgehead atoms. The summed E-state index contributed by atoms with van der Waals surface area (Å²) < 4.78 is 64.0. The first-order chi connectivity index (χ1) is 24.7. The molecule has 0 radical (unpaired) electrons. The third kappa shape index (κ3) is 6.41. The summed E-state index contributed by atoms with van der Waals surface area (Å²) in [5.74, 6) is -3.25. The molecule has 2 unspecified atom stereocenters. The van der Waals surface area contributed by atoms with E-state index in [0.717, 1.165) is 55.6 Å². The maximum absolute atomic E-state index is 15.0. The van der Waals surface area contributed by atoms with Gasteiger partial charge in [-0.2, -0.15) is 13.2 Å². The first-order valence-electron chi connectivity index (χ1n) is 17.2. The van der Waals surface area contributed by atoms with E-state index in [2.05, 4.69) is 15.3 Å². The highest BCUT2D eigenvalue weighted by molar-refractivity contribution is 7.92. The number of nitrogens with one attached hydrogen (secondary N) is 1. The fourth-order valence-electron chi connectivity index (χ4n) is 7.62. The number of sulfone groups is 1. The zero-order valence-electron chi connectivity index (χ0n) is 28.7. The number of anilines is 1. The highest BCUT2D eigenvalue weighted by Gasteiger charge is 2.60. The SMILES string of the molecule is CC(c1ccncc1C(=O)N1CCCCC1)C1(C(C)c2ccncc2C(=O)N2CCCCC2)NC(=O)N(c2ccc(S(=O)(=O)C(F)(F)F)cc2)C1=O. The lowest BCUT2D eigenvalue weighted by molar-refractivity contribution is -0.123. The van der Waals surface area contributed by atoms with Crippen LogP contribution in [0.25, 0.3) is 0 Å². The molecule has 3 aromatic rings. The second kappa shape index (κ2) is 14.3. The lowest BCUT2D eigenvalue weighted by Crippen LogP contribution is -2.56. The molecular weight excluding hydrogens is 701 g/mol. The Morgan fingerprint density at radius 2 is 1.19 bits per heavy atom. The Labute approximate surface area is 299 Å². The number of hydrogen-bond acceptors (Lipinski definition) is 8. The molecule has 276 valence electrons. The largest absolute Gasteiger partial charge is 0.501 e. The van der Waals surface area contributed by atoms with Crippen molar-refractivity contribution in [3.05, 3.63) is 83.4 Å². The lowest BCUT2D eigenvalue weighted by atomic mass is 9.68. The molecule has 6 rings (SSSR count). The molecule has 0 saturated carbocycles. The van der Waals surface area contributed by atoms with Crippen LogP contribution < -0.4 is 10.2 Å². The lowest BCUT2D eigenvalue weighted by Gasteiger charge is -2.40. The predicted octanol–water partition coefficient (Wildman–Crippen LogP) is 5.42. The summed E-state index contributed by atoms with van der Waals surface area (Å²) in [4.78, 5) is 68.4. The van der Waals surface area contributed by atoms with Crippen LogP contribution in [0.1, 0.15) is 96.1 Å². The smallest absolute Gasteiger partial charge is 0.339 e. The zero-order chi connectivity index (χ0) is 37.4. The molecule has 2 atom stereocenters. The Hall–Kier alpha value is -4.86. The van der Waals surface area contributed by atoms with E-state index in [4.69, 9.17) is 0 Å². The van der Waals surface area contributed by atoms with Crippen LogP contribution in [0.4, 0.5) is 23.7 Å². The van der Waals surface area contributed by atoms with Gasteiger partial charge in [0, 0.05) is 62.8 Å². The van der Waals surface area contributed by atoms with E-state index >= 15 is 0 Å². The van der Waals surface area contributed by atoms with Gasteiger partial charge in [-0.25, -0.2) is 18.1 Å². The Kier molecular flexibility index (Phi) is 10.1. The number of carbonyl (C=O) groups excluding carboxylic acids is 4. The number of halogens is 3. The third-order valence-electron chi connectivity index (χ3n) is 10.5. The number of nitrogens with zero attached hydrogens (tertiary/aromatic N) is 5. The van der Waals surface area contributed by atoms with Crippen LogP contribution in [0.15, 0.2) is 66.1 Å². The first kappa shape index (κ1) is 36.9. The van der Waals surface area contributed by atoms with Crippen LogP contribution in [-0.4, -0.2) is 89.2 Å². The molecule has 3 aliphatic rings. The van der Waals surface area contributed by atoms with Crippen molar-refractivity contribution in [2.45, 2.75) is 80.2 Å². The second-order valence-corrected chi connectivity index (χ2v) is 15.4. The molecule has 3 aliphatic heterocycles. The minimum absolute atomic E-state index is 0.177. The monoisotopic (exact) mass is 740 g/mol. The third-order valence-corrected chi connectivity index (χ3v) is 12.0. The molecule has 52 heavy (non-hydrogen) atoms. The Bertz CT molecular complexity index is 1900. The maximum atomic E-state index is 15.0. The summed E-state index contributed by atoms with van der Waals surface area (Å²) in [6.07, 6.45) is 11.1. The van der Waals surface area contributed by atoms with Crippen molar-refractivity contribution in [3.8, 4) is 0 Å². The molecule has 16 heteroatoms. The van der Waals surface area contributed by atoms with E-state index < -0.39 is 49.6 Å². The molecule has 0 spiro atoms. The molecule has 1 N–H and O–H groups in total. The Morgan fingerprint density at radius 3 is 1.62 bits per heavy atom. The first-order valence-corrected chi connectivity index (χ1v) is 18.7. The summed E-state index contributed by atoms with van der Waals surface area (Å²) in [5, 5.41) is 2.87. The van der Waals surface area contributed by atoms with Gasteiger partial charge in [-0.1, -0.05) is 13.8 Å². The van der Waals surface area contributed by atoms with Crippen LogP contribution >= 0.6 is 0 Å². The quantitative estimate of drug-likeness (QED) is 0.301. The predicted molar refractivity (Wildman–Crippen MR) is 183 cm³/mol. The fraction of sp³-hybridized carbons (Fsp3) is 0.444. The molecular formula is C36H39F3N6O6S. The standard InChI is InChI=1S/C36H39F3N6O6S/c1-23(27-13-15-40-21-29(27)31(46)43-17-5-3-6-18-43)35(24(2)28-14-16-41-22-30(28)32(47)44-19-7-4-8-20-44)33(48)45(34(49)42-35)25-9-11-26(12-10-25)52(50,51)36(37,38)39/h9-16,21-24H,3-8,17-20H2,1-2H3,(H,42,49). The number of hydrogen-bond donors (Lipinski definition) is 1. The number of piperidine rings is 2. The number of benzene rings is 1. The summed E-state index contributed by atoms with van der Waals surface area (Å²) in [6.45, 7) is 5.56. The van der Waals surface area contributed by atoms with Crippen molar-refractivity contribution >= 4 is 39.3 Å². The zero-order valence-corrected chi connectivity index (χ0v) is 29.5. The number of urea groups is 1. The minimum atomic E-state index is -5.70. The van der Waals surface area contributed by atoms with Crippen LogP contribution in [-0.2, 0) is 14.6 Å². The van der Waals surface area contributed by atoms with Gasteiger partial charge in [0.1, 0.15) is 5.54 Å². The molecule has 3 saturated heterocycles. The van der Waals surface area contributed by atoms with Crippen molar-refractivity contribution in [2.24, 2.45) is 0 Å². The molecule has 5 heterocycles. The van der Waals surface area contributed by atoms with Crippen molar-refractivity contribution in [2.75, 3.05) is 31.1 Å². The molecule has 2 aromatic heterocycles. The van der Waals surface area contributed by atoms with Gasteiger partial charge in [0.25, 0.3) is 27.6 Å². The number of alkyl halides is 3. The van der Waals surface area contributed by atoms with Crippen LogP contribution in [0, 0.1) is 0 Å². The number of rotatable bonds is 8. The van der Waals surface area contributed by atoms with Crippen LogP contribution in [0.3, 0.4) is 0 Å². The number of amides is 5. The molecule has 0 aliphatic carbocycles. The Morgan fingerprint density at radius 1 is 0.750 bits per heavy atom. The average Bonchev–Trinajstić information content (AvgIpc) is 3.43. The van der Waals surface area contributed by atoms with E-state index in [1.807, 2.05) is 0 Å². The van der Waals surface area contributed by atoms with Gasteiger partial charge < -0.3 is 15.1 Å². The molecule has 5 amide bonds. The molecule has 3 fully saturated rings. The van der Waals surface area contributed by atoms with Crippen molar-refractivity contribution in [1.82, 2.24) is 25.1 Å². The average molecular weight is 741 g/mol. The summed E-state index contributed by atoms with van der Waals surface area (Å²) in [7, 11) is -5.70. The van der Waals surface area contributed by atoms with Gasteiger partial charge in [0.2, 0.25) is 0 Å². The summed E-state index contributed by atoms with van der Waals surface area (Å²) in [6, 6.07) is 5.58.